The zero-order valence-corrected chi connectivity index (χ0v) is 18.0. The zero-order chi connectivity index (χ0) is 21.8. The molecule has 0 unspecified atom stereocenters. The van der Waals surface area contributed by atoms with Crippen LogP contribution in [0.15, 0.2) is 46.6 Å². The van der Waals surface area contributed by atoms with Crippen molar-refractivity contribution in [3.63, 3.8) is 0 Å². The van der Waals surface area contributed by atoms with E-state index in [4.69, 9.17) is 14.5 Å². The number of guanidine groups is 1. The number of fused-ring (bicyclic) bond motifs is 3. The van der Waals surface area contributed by atoms with E-state index in [1.807, 2.05) is 31.1 Å². The minimum absolute atomic E-state index is 0.281. The molecule has 0 spiro atoms. The number of nitrogens with one attached hydrogen (secondary N) is 1. The topological polar surface area (TPSA) is 91.7 Å². The number of rotatable bonds is 7. The normalized spacial score (nSPS) is 14.5. The lowest BCUT2D eigenvalue weighted by Gasteiger charge is -2.28. The molecule has 1 aromatic carbocycles. The van der Waals surface area contributed by atoms with Gasteiger partial charge in [-0.25, -0.2) is 4.99 Å². The van der Waals surface area contributed by atoms with Crippen molar-refractivity contribution in [1.29, 1.82) is 0 Å². The Hall–Kier alpha value is -3.46. The van der Waals surface area contributed by atoms with Crippen molar-refractivity contribution in [2.45, 2.75) is 6.42 Å². The van der Waals surface area contributed by atoms with Crippen LogP contribution in [0.3, 0.4) is 0 Å². The van der Waals surface area contributed by atoms with Gasteiger partial charge in [0, 0.05) is 31.0 Å². The third-order valence-corrected chi connectivity index (χ3v) is 5.01. The van der Waals surface area contributed by atoms with Crippen LogP contribution in [-0.2, 0) is 0 Å². The van der Waals surface area contributed by atoms with E-state index in [9.17, 15) is 4.79 Å². The fourth-order valence-corrected chi connectivity index (χ4v) is 3.53. The molecule has 1 aromatic heterocycles. The monoisotopic (exact) mass is 422 g/mol. The molecule has 0 saturated heterocycles. The number of aliphatic imine (C=N–C) groups is 2. The first kappa shape index (κ1) is 20.8. The predicted octanol–water partition coefficient (Wildman–Crippen LogP) is 1.91. The minimum atomic E-state index is -0.281. The highest BCUT2D eigenvalue weighted by molar-refractivity contribution is 6.20. The van der Waals surface area contributed by atoms with Gasteiger partial charge < -0.3 is 14.4 Å². The first-order valence-corrected chi connectivity index (χ1v) is 10.2. The molecule has 3 heterocycles. The fourth-order valence-electron chi connectivity index (χ4n) is 3.53. The summed E-state index contributed by atoms with van der Waals surface area (Å²) in [5, 5.41) is 2.90. The maximum Gasteiger partial charge on any atom is 0.259 e. The SMILES string of the molecule is COc1c(OCCCN(C)C)ccc2c1N=C(NC(=O)c1cccnc1)N1CCN=C21. The van der Waals surface area contributed by atoms with Gasteiger partial charge in [0.2, 0.25) is 5.96 Å². The van der Waals surface area contributed by atoms with Crippen LogP contribution in [0.5, 0.6) is 11.5 Å². The molecule has 0 fully saturated rings. The Bertz CT molecular complexity index is 1020. The number of ether oxygens (including phenoxy) is 2. The Morgan fingerprint density at radius 3 is 2.90 bits per heavy atom. The second-order valence-corrected chi connectivity index (χ2v) is 7.49. The maximum absolute atomic E-state index is 12.7. The van der Waals surface area contributed by atoms with Crippen molar-refractivity contribution in [3.8, 4) is 11.5 Å². The summed E-state index contributed by atoms with van der Waals surface area (Å²) < 4.78 is 11.6. The molecular formula is C22H26N6O3. The molecule has 1 N–H and O–H groups in total. The summed E-state index contributed by atoms with van der Waals surface area (Å²) in [5.41, 5.74) is 1.92. The number of methoxy groups -OCH3 is 1. The summed E-state index contributed by atoms with van der Waals surface area (Å²) in [6.07, 6.45) is 4.04. The van der Waals surface area contributed by atoms with E-state index in [1.165, 1.54) is 6.20 Å². The molecule has 1 amide bonds. The van der Waals surface area contributed by atoms with Crippen molar-refractivity contribution < 1.29 is 14.3 Å². The molecule has 162 valence electrons. The second kappa shape index (κ2) is 9.13. The number of aromatic nitrogens is 1. The Balaban J connectivity index is 1.64. The zero-order valence-electron chi connectivity index (χ0n) is 18.0. The number of benzene rings is 1. The smallest absolute Gasteiger partial charge is 0.259 e. The Morgan fingerprint density at radius 2 is 2.16 bits per heavy atom. The highest BCUT2D eigenvalue weighted by atomic mass is 16.5. The van der Waals surface area contributed by atoms with Crippen LogP contribution in [0.25, 0.3) is 0 Å². The Kier molecular flexibility index (Phi) is 6.13. The van der Waals surface area contributed by atoms with Gasteiger partial charge in [-0.3, -0.25) is 25.0 Å². The van der Waals surface area contributed by atoms with Gasteiger partial charge in [0.1, 0.15) is 11.5 Å². The van der Waals surface area contributed by atoms with Crippen LogP contribution < -0.4 is 14.8 Å². The molecule has 0 aliphatic carbocycles. The number of nitrogens with zero attached hydrogens (tertiary/aromatic N) is 5. The number of pyridine rings is 1. The van der Waals surface area contributed by atoms with Gasteiger partial charge in [-0.05, 0) is 44.8 Å². The molecule has 9 nitrogen and oxygen atoms in total. The number of hydrogen-bond donors (Lipinski definition) is 1. The fraction of sp³-hybridized carbons (Fsp3) is 0.364. The summed E-state index contributed by atoms with van der Waals surface area (Å²) in [4.78, 5) is 30.1. The number of hydrogen-bond acceptors (Lipinski definition) is 8. The Labute approximate surface area is 181 Å². The quantitative estimate of drug-likeness (QED) is 0.686. The molecule has 2 aliphatic rings. The van der Waals surface area contributed by atoms with Crippen molar-refractivity contribution in [2.24, 2.45) is 9.98 Å². The standard InChI is InChI=1S/C22H26N6O3/c1-27(2)11-5-13-31-17-8-7-16-18(19(17)30-3)25-22(28-12-10-24-20(16)28)26-21(29)15-6-4-9-23-14-15/h4,6-9,14H,5,10-13H2,1-3H3,(H,25,26,29). The molecule has 0 saturated carbocycles. The van der Waals surface area contributed by atoms with Crippen LogP contribution in [0.2, 0.25) is 0 Å². The molecular weight excluding hydrogens is 396 g/mol. The van der Waals surface area contributed by atoms with E-state index in [0.717, 1.165) is 24.4 Å². The third kappa shape index (κ3) is 4.36. The largest absolute Gasteiger partial charge is 0.491 e. The molecule has 2 aliphatic heterocycles. The summed E-state index contributed by atoms with van der Waals surface area (Å²) in [6.45, 7) is 2.77. The lowest BCUT2D eigenvalue weighted by atomic mass is 10.1. The molecule has 9 heteroatoms. The summed E-state index contributed by atoms with van der Waals surface area (Å²) in [6, 6.07) is 7.26. The summed E-state index contributed by atoms with van der Waals surface area (Å²) >= 11 is 0. The molecule has 2 aromatic rings. The molecule has 31 heavy (non-hydrogen) atoms. The van der Waals surface area contributed by atoms with Gasteiger partial charge in [-0.15, -0.1) is 0 Å². The predicted molar refractivity (Wildman–Crippen MR) is 119 cm³/mol. The molecule has 4 rings (SSSR count). The lowest BCUT2D eigenvalue weighted by Crippen LogP contribution is -2.47. The lowest BCUT2D eigenvalue weighted by molar-refractivity contribution is 0.0973. The summed E-state index contributed by atoms with van der Waals surface area (Å²) in [5.74, 6) is 2.06. The summed E-state index contributed by atoms with van der Waals surface area (Å²) in [7, 11) is 5.65. The molecule has 0 radical (unpaired) electrons. The number of carbonyl (C=O) groups excluding carboxylic acids is 1. The molecule has 0 atom stereocenters. The van der Waals surface area contributed by atoms with Crippen molar-refractivity contribution in [2.75, 3.05) is 47.4 Å². The van der Waals surface area contributed by atoms with Crippen LogP contribution in [0, 0.1) is 0 Å². The van der Waals surface area contributed by atoms with E-state index in [2.05, 4.69) is 20.2 Å². The van der Waals surface area contributed by atoms with E-state index in [1.54, 1.807) is 25.4 Å². The number of amidine groups is 1. The first-order valence-electron chi connectivity index (χ1n) is 10.2. The number of carbonyl (C=O) groups is 1. The van der Waals surface area contributed by atoms with E-state index < -0.39 is 0 Å². The average molecular weight is 422 g/mol. The van der Waals surface area contributed by atoms with Crippen LogP contribution in [0.1, 0.15) is 22.3 Å². The van der Waals surface area contributed by atoms with Gasteiger partial charge in [0.15, 0.2) is 11.5 Å². The van der Waals surface area contributed by atoms with E-state index in [-0.39, 0.29) is 5.91 Å². The Morgan fingerprint density at radius 1 is 1.29 bits per heavy atom. The third-order valence-electron chi connectivity index (χ3n) is 5.01. The number of amides is 1. The van der Waals surface area contributed by atoms with Crippen LogP contribution >= 0.6 is 0 Å². The highest BCUT2D eigenvalue weighted by Gasteiger charge is 2.33. The maximum atomic E-state index is 12.7. The van der Waals surface area contributed by atoms with Crippen molar-refractivity contribution >= 4 is 23.4 Å². The van der Waals surface area contributed by atoms with E-state index >= 15 is 0 Å². The van der Waals surface area contributed by atoms with Gasteiger partial charge in [0.25, 0.3) is 5.91 Å². The average Bonchev–Trinajstić information content (AvgIpc) is 3.27. The van der Waals surface area contributed by atoms with Crippen molar-refractivity contribution in [3.05, 3.63) is 47.8 Å². The van der Waals surface area contributed by atoms with Gasteiger partial charge >= 0.3 is 0 Å². The van der Waals surface area contributed by atoms with Crippen LogP contribution in [0.4, 0.5) is 5.69 Å². The minimum Gasteiger partial charge on any atom is -0.491 e. The van der Waals surface area contributed by atoms with E-state index in [0.29, 0.717) is 48.4 Å². The van der Waals surface area contributed by atoms with Gasteiger partial charge in [0.05, 0.1) is 25.8 Å². The second-order valence-electron chi connectivity index (χ2n) is 7.49. The van der Waals surface area contributed by atoms with Crippen LogP contribution in [-0.4, -0.2) is 79.9 Å². The first-order chi connectivity index (χ1) is 15.1. The van der Waals surface area contributed by atoms with Gasteiger partial charge in [-0.1, -0.05) is 0 Å². The van der Waals surface area contributed by atoms with Gasteiger partial charge in [-0.2, -0.15) is 0 Å². The molecule has 0 bridgehead atoms. The van der Waals surface area contributed by atoms with Crippen molar-refractivity contribution in [1.82, 2.24) is 20.1 Å². The highest BCUT2D eigenvalue weighted by Crippen LogP contribution is 2.43.